The Kier molecular flexibility index (Phi) is 5.40. The molecule has 17 heavy (non-hydrogen) atoms. The molecule has 0 saturated carbocycles. The zero-order chi connectivity index (χ0) is 12.9. The third-order valence-electron chi connectivity index (χ3n) is 3.64. The lowest BCUT2D eigenvalue weighted by Gasteiger charge is -2.38. The number of amides is 1. The highest BCUT2D eigenvalue weighted by molar-refractivity contribution is 5.82. The molecule has 1 aliphatic rings. The molecule has 3 N–H and O–H groups in total. The molecule has 1 amide bonds. The highest BCUT2D eigenvalue weighted by Gasteiger charge is 2.36. The van der Waals surface area contributed by atoms with Gasteiger partial charge in [-0.1, -0.05) is 20.8 Å². The number of piperidine rings is 1. The fraction of sp³-hybridized carbons (Fsp3) is 0.923. The Morgan fingerprint density at radius 2 is 2.29 bits per heavy atom. The van der Waals surface area contributed by atoms with Crippen LogP contribution in [-0.4, -0.2) is 36.8 Å². The predicted molar refractivity (Wildman–Crippen MR) is 68.7 cm³/mol. The molecule has 0 aliphatic carbocycles. The van der Waals surface area contributed by atoms with E-state index in [4.69, 9.17) is 5.11 Å². The summed E-state index contributed by atoms with van der Waals surface area (Å²) in [5.41, 5.74) is 0.0303. The fourth-order valence-electron chi connectivity index (χ4n) is 2.36. The van der Waals surface area contributed by atoms with Crippen molar-refractivity contribution < 1.29 is 9.90 Å². The van der Waals surface area contributed by atoms with E-state index in [0.717, 1.165) is 25.8 Å². The van der Waals surface area contributed by atoms with Crippen LogP contribution < -0.4 is 10.6 Å². The fourth-order valence-corrected chi connectivity index (χ4v) is 2.36. The average Bonchev–Trinajstić information content (AvgIpc) is 2.26. The molecular formula is C13H26N2O2. The summed E-state index contributed by atoms with van der Waals surface area (Å²) in [6.45, 7) is 8.07. The molecule has 1 rings (SSSR count). The van der Waals surface area contributed by atoms with E-state index in [1.807, 2.05) is 6.92 Å². The first kappa shape index (κ1) is 14.5. The van der Waals surface area contributed by atoms with Gasteiger partial charge >= 0.3 is 0 Å². The molecule has 0 bridgehead atoms. The highest BCUT2D eigenvalue weighted by atomic mass is 16.3. The molecule has 0 aromatic carbocycles. The van der Waals surface area contributed by atoms with Gasteiger partial charge in [0.05, 0.1) is 6.04 Å². The van der Waals surface area contributed by atoms with Crippen molar-refractivity contribution in [2.24, 2.45) is 11.3 Å². The maximum absolute atomic E-state index is 12.1. The number of aliphatic hydroxyl groups is 1. The minimum Gasteiger partial charge on any atom is -0.396 e. The van der Waals surface area contributed by atoms with Crippen LogP contribution in [0, 0.1) is 11.3 Å². The SMILES string of the molecule is CC(CCO)CNC(=O)C1NCCCC1(C)C. The van der Waals surface area contributed by atoms with Crippen molar-refractivity contribution in [3.05, 3.63) is 0 Å². The number of hydrogen-bond acceptors (Lipinski definition) is 3. The summed E-state index contributed by atoms with van der Waals surface area (Å²) in [6, 6.07) is -0.0856. The molecule has 1 saturated heterocycles. The van der Waals surface area contributed by atoms with E-state index in [1.54, 1.807) is 0 Å². The second kappa shape index (κ2) is 6.36. The van der Waals surface area contributed by atoms with Gasteiger partial charge < -0.3 is 15.7 Å². The van der Waals surface area contributed by atoms with E-state index < -0.39 is 0 Å². The van der Waals surface area contributed by atoms with E-state index >= 15 is 0 Å². The third-order valence-corrected chi connectivity index (χ3v) is 3.64. The Bertz CT molecular complexity index is 254. The van der Waals surface area contributed by atoms with Crippen molar-refractivity contribution in [2.75, 3.05) is 19.7 Å². The zero-order valence-electron chi connectivity index (χ0n) is 11.3. The molecule has 4 nitrogen and oxygen atoms in total. The summed E-state index contributed by atoms with van der Waals surface area (Å²) in [5.74, 6) is 0.426. The van der Waals surface area contributed by atoms with Gasteiger partial charge in [-0.15, -0.1) is 0 Å². The van der Waals surface area contributed by atoms with Gasteiger partial charge in [-0.05, 0) is 37.1 Å². The van der Waals surface area contributed by atoms with Crippen molar-refractivity contribution in [2.45, 2.75) is 46.1 Å². The topological polar surface area (TPSA) is 61.4 Å². The second-order valence-electron chi connectivity index (χ2n) is 5.84. The predicted octanol–water partition coefficient (Wildman–Crippen LogP) is 0.899. The first-order chi connectivity index (χ1) is 7.97. The van der Waals surface area contributed by atoms with Gasteiger partial charge in [-0.25, -0.2) is 0 Å². The lowest BCUT2D eigenvalue weighted by atomic mass is 9.77. The van der Waals surface area contributed by atoms with Crippen molar-refractivity contribution in [3.8, 4) is 0 Å². The van der Waals surface area contributed by atoms with E-state index in [2.05, 4.69) is 24.5 Å². The number of hydrogen-bond donors (Lipinski definition) is 3. The monoisotopic (exact) mass is 242 g/mol. The standard InChI is InChI=1S/C13H26N2O2/c1-10(5-8-16)9-15-12(17)11-13(2,3)6-4-7-14-11/h10-11,14,16H,4-9H2,1-3H3,(H,15,17). The van der Waals surface area contributed by atoms with Gasteiger partial charge in [0.25, 0.3) is 0 Å². The summed E-state index contributed by atoms with van der Waals surface area (Å²) < 4.78 is 0. The Balaban J connectivity index is 2.41. The second-order valence-corrected chi connectivity index (χ2v) is 5.84. The van der Waals surface area contributed by atoms with E-state index in [9.17, 15) is 4.79 Å². The van der Waals surface area contributed by atoms with Crippen molar-refractivity contribution in [3.63, 3.8) is 0 Å². The maximum Gasteiger partial charge on any atom is 0.237 e. The summed E-state index contributed by atoms with van der Waals surface area (Å²) in [7, 11) is 0. The van der Waals surface area contributed by atoms with Crippen molar-refractivity contribution in [1.29, 1.82) is 0 Å². The Labute approximate surface area is 104 Å². The van der Waals surface area contributed by atoms with Gasteiger partial charge in [0.15, 0.2) is 0 Å². The molecule has 2 atom stereocenters. The van der Waals surface area contributed by atoms with E-state index in [-0.39, 0.29) is 24.0 Å². The molecule has 2 unspecified atom stereocenters. The van der Waals surface area contributed by atoms with Gasteiger partial charge in [-0.3, -0.25) is 4.79 Å². The molecular weight excluding hydrogens is 216 g/mol. The highest BCUT2D eigenvalue weighted by Crippen LogP contribution is 2.30. The first-order valence-electron chi connectivity index (χ1n) is 6.59. The van der Waals surface area contributed by atoms with E-state index in [0.29, 0.717) is 12.5 Å². The van der Waals surface area contributed by atoms with Crippen LogP contribution in [0.2, 0.25) is 0 Å². The molecule has 1 heterocycles. The first-order valence-corrected chi connectivity index (χ1v) is 6.59. The third kappa shape index (κ3) is 4.28. The van der Waals surface area contributed by atoms with Crippen LogP contribution in [0.4, 0.5) is 0 Å². The molecule has 1 aliphatic heterocycles. The van der Waals surface area contributed by atoms with Gasteiger partial charge in [0.1, 0.15) is 0 Å². The van der Waals surface area contributed by atoms with E-state index in [1.165, 1.54) is 0 Å². The minimum absolute atomic E-state index is 0.0303. The van der Waals surface area contributed by atoms with Crippen LogP contribution in [0.3, 0.4) is 0 Å². The Morgan fingerprint density at radius 3 is 2.88 bits per heavy atom. The average molecular weight is 242 g/mol. The van der Waals surface area contributed by atoms with Crippen LogP contribution >= 0.6 is 0 Å². The normalized spacial score (nSPS) is 25.3. The molecule has 100 valence electrons. The molecule has 0 radical (unpaired) electrons. The minimum atomic E-state index is -0.0856. The summed E-state index contributed by atoms with van der Waals surface area (Å²) in [4.78, 5) is 12.1. The number of aliphatic hydroxyl groups excluding tert-OH is 1. The van der Waals surface area contributed by atoms with Gasteiger partial charge in [0, 0.05) is 13.2 Å². The molecule has 0 spiro atoms. The smallest absolute Gasteiger partial charge is 0.237 e. The summed E-state index contributed by atoms with van der Waals surface area (Å²) in [6.07, 6.45) is 2.96. The lowest BCUT2D eigenvalue weighted by Crippen LogP contribution is -2.56. The summed E-state index contributed by atoms with van der Waals surface area (Å²) >= 11 is 0. The van der Waals surface area contributed by atoms with Gasteiger partial charge in [-0.2, -0.15) is 0 Å². The summed E-state index contributed by atoms with van der Waals surface area (Å²) in [5, 5.41) is 15.1. The van der Waals surface area contributed by atoms with Crippen LogP contribution in [0.1, 0.15) is 40.0 Å². The van der Waals surface area contributed by atoms with Crippen molar-refractivity contribution >= 4 is 5.91 Å². The maximum atomic E-state index is 12.1. The van der Waals surface area contributed by atoms with Crippen LogP contribution in [0.5, 0.6) is 0 Å². The quantitative estimate of drug-likeness (QED) is 0.671. The number of nitrogens with one attached hydrogen (secondary N) is 2. The van der Waals surface area contributed by atoms with Crippen LogP contribution in [-0.2, 0) is 4.79 Å². The Morgan fingerprint density at radius 1 is 1.59 bits per heavy atom. The molecule has 0 aromatic rings. The molecule has 4 heteroatoms. The number of carbonyl (C=O) groups excluding carboxylic acids is 1. The van der Waals surface area contributed by atoms with Gasteiger partial charge in [0.2, 0.25) is 5.91 Å². The zero-order valence-corrected chi connectivity index (χ0v) is 11.3. The number of rotatable bonds is 5. The molecule has 0 aromatic heterocycles. The number of carbonyl (C=O) groups is 1. The van der Waals surface area contributed by atoms with Crippen molar-refractivity contribution in [1.82, 2.24) is 10.6 Å². The molecule has 1 fully saturated rings. The van der Waals surface area contributed by atoms with Crippen LogP contribution in [0.15, 0.2) is 0 Å². The van der Waals surface area contributed by atoms with Crippen LogP contribution in [0.25, 0.3) is 0 Å². The Hall–Kier alpha value is -0.610. The largest absolute Gasteiger partial charge is 0.396 e. The lowest BCUT2D eigenvalue weighted by molar-refractivity contribution is -0.127.